The first-order valence-corrected chi connectivity index (χ1v) is 7.84. The first-order chi connectivity index (χ1) is 8.76. The smallest absolute Gasteiger partial charge is 0.201 e. The molecule has 1 aromatic carbocycles. The molecule has 0 amide bonds. The summed E-state index contributed by atoms with van der Waals surface area (Å²) in [4.78, 5) is 11.8. The zero-order valence-corrected chi connectivity index (χ0v) is 12.3. The highest BCUT2D eigenvalue weighted by Crippen LogP contribution is 2.21. The average molecular weight is 263 g/mol. The van der Waals surface area contributed by atoms with Crippen LogP contribution >= 0.6 is 11.8 Å². The standard InChI is InChI=1S/C16H23OS/c1-3-4-5-6-11-18-16-9-7-15(8-10-16)12-14(2)13-17/h7-10,14H,3-6,11-12H2,1-2H3. The van der Waals surface area contributed by atoms with Gasteiger partial charge in [-0.2, -0.15) is 0 Å². The minimum Gasteiger partial charge on any atom is -0.291 e. The Kier molecular flexibility index (Phi) is 7.83. The molecule has 0 bridgehead atoms. The molecule has 1 unspecified atom stereocenters. The van der Waals surface area contributed by atoms with E-state index in [9.17, 15) is 4.79 Å². The minimum absolute atomic E-state index is 0.00227. The third kappa shape index (κ3) is 6.25. The summed E-state index contributed by atoms with van der Waals surface area (Å²) in [7, 11) is 0. The van der Waals surface area contributed by atoms with Gasteiger partial charge in [0.05, 0.1) is 0 Å². The van der Waals surface area contributed by atoms with Gasteiger partial charge < -0.3 is 0 Å². The molecule has 18 heavy (non-hydrogen) atoms. The highest BCUT2D eigenvalue weighted by molar-refractivity contribution is 7.99. The lowest BCUT2D eigenvalue weighted by molar-refractivity contribution is 0.528. The Morgan fingerprint density at radius 1 is 1.17 bits per heavy atom. The fraction of sp³-hybridized carbons (Fsp3) is 0.562. The molecule has 99 valence electrons. The van der Waals surface area contributed by atoms with Crippen molar-refractivity contribution >= 4 is 18.0 Å². The number of hydrogen-bond donors (Lipinski definition) is 0. The van der Waals surface area contributed by atoms with Crippen LogP contribution in [-0.2, 0) is 11.2 Å². The summed E-state index contributed by atoms with van der Waals surface area (Å²) in [5.41, 5.74) is 1.22. The molecule has 0 N–H and O–H groups in total. The van der Waals surface area contributed by atoms with Crippen molar-refractivity contribution in [2.75, 3.05) is 5.75 Å². The fourth-order valence-electron chi connectivity index (χ4n) is 1.84. The second-order valence-corrected chi connectivity index (χ2v) is 5.94. The molecule has 1 aromatic rings. The van der Waals surface area contributed by atoms with Gasteiger partial charge in [0.2, 0.25) is 6.29 Å². The van der Waals surface area contributed by atoms with Crippen molar-refractivity contribution in [1.29, 1.82) is 0 Å². The van der Waals surface area contributed by atoms with E-state index < -0.39 is 0 Å². The molecule has 2 heteroatoms. The summed E-state index contributed by atoms with van der Waals surface area (Å²) < 4.78 is 0. The predicted octanol–water partition coefficient (Wildman–Crippen LogP) is 4.65. The second kappa shape index (κ2) is 9.21. The summed E-state index contributed by atoms with van der Waals surface area (Å²) in [5.74, 6) is 1.20. The van der Waals surface area contributed by atoms with Gasteiger partial charge in [-0.3, -0.25) is 4.79 Å². The Morgan fingerprint density at radius 3 is 2.50 bits per heavy atom. The first-order valence-electron chi connectivity index (χ1n) is 6.85. The van der Waals surface area contributed by atoms with E-state index in [0.29, 0.717) is 0 Å². The van der Waals surface area contributed by atoms with Crippen LogP contribution in [-0.4, -0.2) is 12.0 Å². The first kappa shape index (κ1) is 15.3. The normalized spacial score (nSPS) is 12.3. The maximum Gasteiger partial charge on any atom is 0.201 e. The molecule has 1 rings (SSSR count). The van der Waals surface area contributed by atoms with E-state index in [1.807, 2.05) is 25.0 Å². The molecule has 1 nitrogen and oxygen atoms in total. The summed E-state index contributed by atoms with van der Waals surface area (Å²) in [6.07, 6.45) is 8.11. The Labute approximate surface area is 115 Å². The lowest BCUT2D eigenvalue weighted by Crippen LogP contribution is -2.00. The van der Waals surface area contributed by atoms with Gasteiger partial charge in [-0.15, -0.1) is 11.8 Å². The van der Waals surface area contributed by atoms with Crippen LogP contribution in [0.15, 0.2) is 29.2 Å². The summed E-state index contributed by atoms with van der Waals surface area (Å²) >= 11 is 1.93. The Balaban J connectivity index is 2.29. The van der Waals surface area contributed by atoms with Gasteiger partial charge in [-0.1, -0.05) is 45.2 Å². The van der Waals surface area contributed by atoms with Crippen LogP contribution in [0.1, 0.15) is 45.1 Å². The molecule has 0 aromatic heterocycles. The lowest BCUT2D eigenvalue weighted by Gasteiger charge is -2.05. The van der Waals surface area contributed by atoms with Crippen molar-refractivity contribution in [2.45, 2.75) is 50.8 Å². The van der Waals surface area contributed by atoms with Crippen molar-refractivity contribution in [2.24, 2.45) is 5.92 Å². The number of benzene rings is 1. The third-order valence-electron chi connectivity index (χ3n) is 2.93. The van der Waals surface area contributed by atoms with E-state index in [2.05, 4.69) is 31.2 Å². The topological polar surface area (TPSA) is 17.1 Å². The van der Waals surface area contributed by atoms with E-state index in [-0.39, 0.29) is 5.92 Å². The van der Waals surface area contributed by atoms with Crippen molar-refractivity contribution in [1.82, 2.24) is 0 Å². The molecule has 0 aliphatic carbocycles. The van der Waals surface area contributed by atoms with Crippen LogP contribution in [0.4, 0.5) is 0 Å². The van der Waals surface area contributed by atoms with E-state index >= 15 is 0 Å². The molecule has 1 radical (unpaired) electrons. The summed E-state index contributed by atoms with van der Waals surface area (Å²) in [6, 6.07) is 8.58. The Morgan fingerprint density at radius 2 is 1.89 bits per heavy atom. The molecule has 0 fully saturated rings. The molecule has 1 atom stereocenters. The Hall–Kier alpha value is -0.760. The van der Waals surface area contributed by atoms with Gasteiger partial charge in [-0.05, 0) is 36.3 Å². The number of rotatable bonds is 9. The SMILES string of the molecule is CCCCCCSc1ccc(CC(C)[C]=O)cc1. The summed E-state index contributed by atoms with van der Waals surface area (Å²) in [6.45, 7) is 4.15. The van der Waals surface area contributed by atoms with E-state index in [0.717, 1.165) is 6.42 Å². The molecule has 0 saturated heterocycles. The van der Waals surface area contributed by atoms with Crippen molar-refractivity contribution < 1.29 is 4.79 Å². The van der Waals surface area contributed by atoms with Crippen LogP contribution in [0.25, 0.3) is 0 Å². The molecule has 0 aliphatic rings. The predicted molar refractivity (Wildman–Crippen MR) is 79.9 cm³/mol. The molecule has 0 heterocycles. The quantitative estimate of drug-likeness (QED) is 0.476. The van der Waals surface area contributed by atoms with Crippen molar-refractivity contribution in [3.63, 3.8) is 0 Å². The van der Waals surface area contributed by atoms with Crippen molar-refractivity contribution in [3.05, 3.63) is 29.8 Å². The maximum absolute atomic E-state index is 10.5. The monoisotopic (exact) mass is 263 g/mol. The van der Waals surface area contributed by atoms with Crippen LogP contribution < -0.4 is 0 Å². The van der Waals surface area contributed by atoms with Crippen LogP contribution in [0.5, 0.6) is 0 Å². The number of carbonyl (C=O) groups excluding carboxylic acids is 1. The molecule has 0 aliphatic heterocycles. The molecule has 0 spiro atoms. The van der Waals surface area contributed by atoms with E-state index in [4.69, 9.17) is 0 Å². The second-order valence-electron chi connectivity index (χ2n) is 4.78. The molecular formula is C16H23OS. The number of unbranched alkanes of at least 4 members (excludes halogenated alkanes) is 3. The zero-order chi connectivity index (χ0) is 13.2. The van der Waals surface area contributed by atoms with Gasteiger partial charge >= 0.3 is 0 Å². The van der Waals surface area contributed by atoms with Gasteiger partial charge in [0.25, 0.3) is 0 Å². The van der Waals surface area contributed by atoms with E-state index in [1.165, 1.54) is 41.9 Å². The van der Waals surface area contributed by atoms with Crippen LogP contribution in [0, 0.1) is 5.92 Å². The molecular weight excluding hydrogens is 240 g/mol. The third-order valence-corrected chi connectivity index (χ3v) is 4.03. The number of thioether (sulfide) groups is 1. The highest BCUT2D eigenvalue weighted by Gasteiger charge is 2.02. The Bertz CT molecular complexity index is 331. The summed E-state index contributed by atoms with van der Waals surface area (Å²) in [5, 5.41) is 0. The van der Waals surface area contributed by atoms with E-state index in [1.54, 1.807) is 0 Å². The number of hydrogen-bond acceptors (Lipinski definition) is 2. The van der Waals surface area contributed by atoms with Crippen LogP contribution in [0.3, 0.4) is 0 Å². The van der Waals surface area contributed by atoms with Crippen LogP contribution in [0.2, 0.25) is 0 Å². The molecule has 0 saturated carbocycles. The highest BCUT2D eigenvalue weighted by atomic mass is 32.2. The average Bonchev–Trinajstić information content (AvgIpc) is 2.40. The fourth-order valence-corrected chi connectivity index (χ4v) is 2.75. The van der Waals surface area contributed by atoms with Gasteiger partial charge in [0, 0.05) is 10.8 Å². The maximum atomic E-state index is 10.5. The zero-order valence-electron chi connectivity index (χ0n) is 11.4. The van der Waals surface area contributed by atoms with Crippen molar-refractivity contribution in [3.8, 4) is 0 Å². The van der Waals surface area contributed by atoms with Gasteiger partial charge in [-0.25, -0.2) is 0 Å². The minimum atomic E-state index is -0.00227. The van der Waals surface area contributed by atoms with Gasteiger partial charge in [0.15, 0.2) is 0 Å². The largest absolute Gasteiger partial charge is 0.291 e. The lowest BCUT2D eigenvalue weighted by atomic mass is 10.0. The van der Waals surface area contributed by atoms with Gasteiger partial charge in [0.1, 0.15) is 0 Å².